The van der Waals surface area contributed by atoms with E-state index in [-0.39, 0.29) is 17.8 Å². The Labute approximate surface area is 136 Å². The Kier molecular flexibility index (Phi) is 4.29. The molecule has 21 heavy (non-hydrogen) atoms. The normalized spacial score (nSPS) is 17.9. The molecular formula is C15H12Cl2N2OS. The Morgan fingerprint density at radius 3 is 2.71 bits per heavy atom. The van der Waals surface area contributed by atoms with Crippen LogP contribution in [0.5, 0.6) is 0 Å². The van der Waals surface area contributed by atoms with Crippen LogP contribution in [0, 0.1) is 0 Å². The van der Waals surface area contributed by atoms with Crippen LogP contribution in [0.3, 0.4) is 0 Å². The maximum Gasteiger partial charge on any atom is 0.258 e. The van der Waals surface area contributed by atoms with Crippen molar-refractivity contribution < 1.29 is 4.79 Å². The van der Waals surface area contributed by atoms with E-state index in [2.05, 4.69) is 5.10 Å². The zero-order valence-corrected chi connectivity index (χ0v) is 13.3. The zero-order valence-electron chi connectivity index (χ0n) is 11.0. The summed E-state index contributed by atoms with van der Waals surface area (Å²) in [4.78, 5) is 13.1. The van der Waals surface area contributed by atoms with Crippen molar-refractivity contribution in [3.8, 4) is 0 Å². The van der Waals surface area contributed by atoms with E-state index < -0.39 is 0 Å². The summed E-state index contributed by atoms with van der Waals surface area (Å²) < 4.78 is 0. The minimum absolute atomic E-state index is 0.0781. The molecule has 2 aromatic rings. The Bertz CT molecular complexity index is 667. The predicted octanol–water partition coefficient (Wildman–Crippen LogP) is 4.32. The van der Waals surface area contributed by atoms with E-state index in [1.54, 1.807) is 11.3 Å². The first-order valence-electron chi connectivity index (χ1n) is 6.44. The Morgan fingerprint density at radius 1 is 1.33 bits per heavy atom. The molecule has 1 unspecified atom stereocenters. The van der Waals surface area contributed by atoms with Gasteiger partial charge in [0.2, 0.25) is 0 Å². The van der Waals surface area contributed by atoms with Gasteiger partial charge in [0, 0.05) is 11.4 Å². The number of amides is 1. The fourth-order valence-corrected chi connectivity index (χ4v) is 3.31. The van der Waals surface area contributed by atoms with Gasteiger partial charge in [0.15, 0.2) is 0 Å². The van der Waals surface area contributed by atoms with Crippen LogP contribution in [0.2, 0.25) is 5.02 Å². The van der Waals surface area contributed by atoms with E-state index in [0.29, 0.717) is 11.4 Å². The van der Waals surface area contributed by atoms with E-state index in [1.165, 1.54) is 5.01 Å². The van der Waals surface area contributed by atoms with Gasteiger partial charge in [-0.25, -0.2) is 5.01 Å². The summed E-state index contributed by atoms with van der Waals surface area (Å²) in [6.45, 7) is 0. The highest BCUT2D eigenvalue weighted by molar-refractivity contribution is 7.12. The van der Waals surface area contributed by atoms with Crippen molar-refractivity contribution in [2.45, 2.75) is 12.5 Å². The summed E-state index contributed by atoms with van der Waals surface area (Å²) in [5.41, 5.74) is 1.93. The Balaban J connectivity index is 1.93. The van der Waals surface area contributed by atoms with Crippen LogP contribution in [0.25, 0.3) is 0 Å². The standard InChI is InChI=1S/C15H12Cl2N2OS/c16-9-15(20)19-13(10-3-5-11(17)6-4-10)8-12(18-19)14-2-1-7-21-14/h1-7,13H,8-9H2. The van der Waals surface area contributed by atoms with Gasteiger partial charge in [-0.15, -0.1) is 22.9 Å². The van der Waals surface area contributed by atoms with Crippen molar-refractivity contribution in [3.63, 3.8) is 0 Å². The van der Waals surface area contributed by atoms with Gasteiger partial charge in [-0.2, -0.15) is 5.10 Å². The molecule has 1 aliphatic rings. The number of hydrogen-bond acceptors (Lipinski definition) is 3. The van der Waals surface area contributed by atoms with Gasteiger partial charge in [-0.1, -0.05) is 29.8 Å². The van der Waals surface area contributed by atoms with Crippen molar-refractivity contribution >= 4 is 46.2 Å². The number of hydrazone groups is 1. The second kappa shape index (κ2) is 6.18. The summed E-state index contributed by atoms with van der Waals surface area (Å²) in [6.07, 6.45) is 0.685. The SMILES string of the molecule is O=C(CCl)N1N=C(c2cccs2)CC1c1ccc(Cl)cc1. The number of alkyl halides is 1. The first-order valence-corrected chi connectivity index (χ1v) is 8.23. The molecule has 0 spiro atoms. The molecule has 0 fully saturated rings. The monoisotopic (exact) mass is 338 g/mol. The fraction of sp³-hybridized carbons (Fsp3) is 0.200. The molecule has 1 amide bonds. The minimum Gasteiger partial charge on any atom is -0.272 e. The molecule has 3 nitrogen and oxygen atoms in total. The molecule has 1 aliphatic heterocycles. The number of carbonyl (C=O) groups is 1. The lowest BCUT2D eigenvalue weighted by molar-refractivity contribution is -0.130. The average molecular weight is 339 g/mol. The van der Waals surface area contributed by atoms with Crippen LogP contribution < -0.4 is 0 Å². The van der Waals surface area contributed by atoms with Crippen molar-refractivity contribution in [3.05, 3.63) is 57.2 Å². The summed E-state index contributed by atoms with van der Waals surface area (Å²) >= 11 is 13.2. The zero-order chi connectivity index (χ0) is 14.8. The number of halogens is 2. The molecule has 0 radical (unpaired) electrons. The topological polar surface area (TPSA) is 32.7 Å². The van der Waals surface area contributed by atoms with Gasteiger partial charge in [-0.3, -0.25) is 4.79 Å². The number of hydrogen-bond donors (Lipinski definition) is 0. The number of nitrogens with zero attached hydrogens (tertiary/aromatic N) is 2. The molecule has 0 bridgehead atoms. The van der Waals surface area contributed by atoms with Crippen molar-refractivity contribution in [1.82, 2.24) is 5.01 Å². The summed E-state index contributed by atoms with van der Waals surface area (Å²) in [7, 11) is 0. The van der Waals surface area contributed by atoms with Gasteiger partial charge in [-0.05, 0) is 29.1 Å². The quantitative estimate of drug-likeness (QED) is 0.767. The first-order chi connectivity index (χ1) is 10.2. The van der Waals surface area contributed by atoms with Gasteiger partial charge in [0.25, 0.3) is 5.91 Å². The molecule has 108 valence electrons. The maximum absolute atomic E-state index is 12.0. The number of rotatable bonds is 3. The lowest BCUT2D eigenvalue weighted by Crippen LogP contribution is -2.27. The fourth-order valence-electron chi connectivity index (χ4n) is 2.34. The average Bonchev–Trinajstić information content (AvgIpc) is 3.16. The highest BCUT2D eigenvalue weighted by atomic mass is 35.5. The third-order valence-corrected chi connectivity index (χ3v) is 4.74. The van der Waals surface area contributed by atoms with Crippen molar-refractivity contribution in [2.24, 2.45) is 5.10 Å². The molecule has 1 aromatic carbocycles. The van der Waals surface area contributed by atoms with Crippen LogP contribution in [0.1, 0.15) is 22.9 Å². The molecule has 0 aliphatic carbocycles. The van der Waals surface area contributed by atoms with E-state index in [0.717, 1.165) is 16.2 Å². The minimum atomic E-state index is -0.192. The van der Waals surface area contributed by atoms with Crippen molar-refractivity contribution in [2.75, 3.05) is 5.88 Å². The Hall–Kier alpha value is -1.36. The van der Waals surface area contributed by atoms with Gasteiger partial charge >= 0.3 is 0 Å². The first kappa shape index (κ1) is 14.6. The molecule has 1 atom stereocenters. The third kappa shape index (κ3) is 2.98. The molecule has 1 aromatic heterocycles. The second-order valence-corrected chi connectivity index (χ2v) is 6.32. The summed E-state index contributed by atoms with van der Waals surface area (Å²) in [5, 5.41) is 8.64. The van der Waals surface area contributed by atoms with E-state index >= 15 is 0 Å². The number of carbonyl (C=O) groups excluding carboxylic acids is 1. The second-order valence-electron chi connectivity index (χ2n) is 4.67. The van der Waals surface area contributed by atoms with Gasteiger partial charge in [0.1, 0.15) is 5.88 Å². The maximum atomic E-state index is 12.0. The highest BCUT2D eigenvalue weighted by Crippen LogP contribution is 2.34. The molecule has 0 saturated heterocycles. The molecule has 2 heterocycles. The van der Waals surface area contributed by atoms with Crippen LogP contribution in [0.4, 0.5) is 0 Å². The smallest absolute Gasteiger partial charge is 0.258 e. The van der Waals surface area contributed by atoms with Gasteiger partial charge in [0.05, 0.1) is 16.6 Å². The van der Waals surface area contributed by atoms with Crippen LogP contribution in [0.15, 0.2) is 46.9 Å². The molecule has 6 heteroatoms. The molecule has 0 saturated carbocycles. The van der Waals surface area contributed by atoms with Crippen molar-refractivity contribution in [1.29, 1.82) is 0 Å². The predicted molar refractivity (Wildman–Crippen MR) is 87.2 cm³/mol. The number of benzene rings is 1. The lowest BCUT2D eigenvalue weighted by atomic mass is 10.0. The van der Waals surface area contributed by atoms with E-state index in [4.69, 9.17) is 23.2 Å². The largest absolute Gasteiger partial charge is 0.272 e. The van der Waals surface area contributed by atoms with Crippen LogP contribution in [-0.2, 0) is 4.79 Å². The van der Waals surface area contributed by atoms with Crippen LogP contribution in [-0.4, -0.2) is 22.5 Å². The van der Waals surface area contributed by atoms with E-state index in [1.807, 2.05) is 41.8 Å². The Morgan fingerprint density at radius 2 is 2.10 bits per heavy atom. The summed E-state index contributed by atoms with van der Waals surface area (Å²) in [5.74, 6) is -0.270. The van der Waals surface area contributed by atoms with E-state index in [9.17, 15) is 4.79 Å². The van der Waals surface area contributed by atoms with Gasteiger partial charge < -0.3 is 0 Å². The molecule has 0 N–H and O–H groups in total. The molecular weight excluding hydrogens is 327 g/mol. The third-order valence-electron chi connectivity index (χ3n) is 3.34. The number of thiophene rings is 1. The lowest BCUT2D eigenvalue weighted by Gasteiger charge is -2.21. The molecule has 3 rings (SSSR count). The highest BCUT2D eigenvalue weighted by Gasteiger charge is 2.32. The van der Waals surface area contributed by atoms with Crippen LogP contribution >= 0.6 is 34.5 Å². The summed E-state index contributed by atoms with van der Waals surface area (Å²) in [6, 6.07) is 11.4.